The van der Waals surface area contributed by atoms with E-state index in [1.165, 1.54) is 0 Å². The average molecular weight is 251 g/mol. The molecule has 0 saturated heterocycles. The summed E-state index contributed by atoms with van der Waals surface area (Å²) in [6, 6.07) is 1.78. The number of rotatable bonds is 5. The van der Waals surface area contributed by atoms with Crippen LogP contribution >= 0.6 is 0 Å². The summed E-state index contributed by atoms with van der Waals surface area (Å²) in [5.41, 5.74) is 6.11. The van der Waals surface area contributed by atoms with Gasteiger partial charge >= 0.3 is 0 Å². The highest BCUT2D eigenvalue weighted by Crippen LogP contribution is 2.24. The molecule has 0 amide bonds. The molecule has 2 N–H and O–H groups in total. The first-order chi connectivity index (χ1) is 8.54. The van der Waals surface area contributed by atoms with Crippen molar-refractivity contribution in [3.63, 3.8) is 0 Å². The maximum atomic E-state index is 6.10. The van der Waals surface area contributed by atoms with E-state index in [9.17, 15) is 0 Å². The molecule has 0 radical (unpaired) electrons. The molecule has 2 aromatic heterocycles. The first-order valence-electron chi connectivity index (χ1n) is 5.80. The number of hydrogen-bond acceptors (Lipinski definition) is 6. The van der Waals surface area contributed by atoms with E-state index in [1.807, 2.05) is 13.8 Å². The van der Waals surface area contributed by atoms with Gasteiger partial charge in [-0.05, 0) is 26.8 Å². The van der Waals surface area contributed by atoms with Crippen molar-refractivity contribution in [2.75, 3.05) is 13.2 Å². The van der Waals surface area contributed by atoms with Gasteiger partial charge in [-0.1, -0.05) is 5.16 Å². The zero-order valence-corrected chi connectivity index (χ0v) is 10.8. The van der Waals surface area contributed by atoms with Crippen LogP contribution in [-0.4, -0.2) is 23.4 Å². The molecule has 2 rings (SSSR count). The minimum absolute atomic E-state index is 0.340. The number of nitrogens with zero attached hydrogens (tertiary/aromatic N) is 2. The third kappa shape index (κ3) is 2.44. The number of furan rings is 1. The summed E-state index contributed by atoms with van der Waals surface area (Å²) in [6.07, 6.45) is 1.58. The van der Waals surface area contributed by atoms with Crippen molar-refractivity contribution in [2.45, 2.75) is 26.3 Å². The second-order valence-electron chi connectivity index (χ2n) is 4.37. The minimum atomic E-state index is -0.768. The van der Waals surface area contributed by atoms with Crippen LogP contribution in [0.4, 0.5) is 0 Å². The summed E-state index contributed by atoms with van der Waals surface area (Å²) in [5, 5.41) is 3.91. The molecule has 0 aliphatic carbocycles. The fourth-order valence-corrected chi connectivity index (χ4v) is 1.55. The summed E-state index contributed by atoms with van der Waals surface area (Å²) in [7, 11) is 0. The van der Waals surface area contributed by atoms with Crippen molar-refractivity contribution >= 4 is 0 Å². The van der Waals surface area contributed by atoms with Gasteiger partial charge < -0.3 is 19.4 Å². The molecule has 1 atom stereocenters. The molecule has 1 unspecified atom stereocenters. The molecule has 0 saturated carbocycles. The molecular formula is C12H17N3O3. The second-order valence-corrected chi connectivity index (χ2v) is 4.37. The van der Waals surface area contributed by atoms with Gasteiger partial charge in [0.05, 0.1) is 18.4 Å². The van der Waals surface area contributed by atoms with E-state index in [2.05, 4.69) is 10.1 Å². The fraction of sp³-hybridized carbons (Fsp3) is 0.500. The van der Waals surface area contributed by atoms with Crippen LogP contribution in [0.25, 0.3) is 11.5 Å². The second kappa shape index (κ2) is 4.91. The van der Waals surface area contributed by atoms with E-state index in [-0.39, 0.29) is 0 Å². The molecule has 6 heteroatoms. The summed E-state index contributed by atoms with van der Waals surface area (Å²) >= 11 is 0. The van der Waals surface area contributed by atoms with Crippen LogP contribution in [0, 0.1) is 6.92 Å². The highest BCUT2D eigenvalue weighted by atomic mass is 16.5. The Kier molecular flexibility index (Phi) is 3.49. The Bertz CT molecular complexity index is 516. The summed E-state index contributed by atoms with van der Waals surface area (Å²) in [5.74, 6) is 1.56. The van der Waals surface area contributed by atoms with Crippen LogP contribution in [0.2, 0.25) is 0 Å². The van der Waals surface area contributed by atoms with E-state index in [4.69, 9.17) is 19.4 Å². The van der Waals surface area contributed by atoms with Gasteiger partial charge in [-0.2, -0.15) is 4.98 Å². The maximum absolute atomic E-state index is 6.10. The lowest BCUT2D eigenvalue weighted by atomic mass is 10.1. The lowest BCUT2D eigenvalue weighted by Gasteiger charge is -2.19. The van der Waals surface area contributed by atoms with Crippen molar-refractivity contribution in [1.82, 2.24) is 10.1 Å². The van der Waals surface area contributed by atoms with Crippen LogP contribution in [0.5, 0.6) is 0 Å². The lowest BCUT2D eigenvalue weighted by Crippen LogP contribution is -2.39. The van der Waals surface area contributed by atoms with Crippen LogP contribution in [-0.2, 0) is 10.3 Å². The molecule has 0 aliphatic rings. The Hall–Kier alpha value is -1.66. The van der Waals surface area contributed by atoms with Gasteiger partial charge in [-0.3, -0.25) is 0 Å². The predicted molar refractivity (Wildman–Crippen MR) is 64.8 cm³/mol. The standard InChI is InChI=1S/C12H17N3O3/c1-4-16-7-12(3,13)11-14-10(18-15-11)9-5-6-17-8(9)2/h5-6H,4,7,13H2,1-3H3. The van der Waals surface area contributed by atoms with E-state index < -0.39 is 5.54 Å². The molecule has 18 heavy (non-hydrogen) atoms. The largest absolute Gasteiger partial charge is 0.469 e. The molecule has 0 aliphatic heterocycles. The summed E-state index contributed by atoms with van der Waals surface area (Å²) in [4.78, 5) is 4.30. The van der Waals surface area contributed by atoms with Gasteiger partial charge in [0.1, 0.15) is 11.3 Å². The predicted octanol–water partition coefficient (Wildman–Crippen LogP) is 1.85. The van der Waals surface area contributed by atoms with Crippen molar-refractivity contribution in [1.29, 1.82) is 0 Å². The Morgan fingerprint density at radius 3 is 2.89 bits per heavy atom. The van der Waals surface area contributed by atoms with Crippen molar-refractivity contribution in [3.05, 3.63) is 23.9 Å². The third-order valence-corrected chi connectivity index (χ3v) is 2.63. The van der Waals surface area contributed by atoms with E-state index in [0.29, 0.717) is 24.9 Å². The van der Waals surface area contributed by atoms with E-state index in [0.717, 1.165) is 11.3 Å². The first kappa shape index (κ1) is 12.8. The monoisotopic (exact) mass is 251 g/mol. The molecule has 98 valence electrons. The van der Waals surface area contributed by atoms with Crippen LogP contribution in [0.15, 0.2) is 21.3 Å². The molecule has 0 aromatic carbocycles. The zero-order chi connectivity index (χ0) is 13.2. The van der Waals surface area contributed by atoms with E-state index >= 15 is 0 Å². The number of ether oxygens (including phenoxy) is 1. The average Bonchev–Trinajstić information content (AvgIpc) is 2.94. The van der Waals surface area contributed by atoms with Gasteiger partial charge in [0.25, 0.3) is 5.89 Å². The van der Waals surface area contributed by atoms with Crippen molar-refractivity contribution in [3.8, 4) is 11.5 Å². The molecule has 2 heterocycles. The SMILES string of the molecule is CCOCC(C)(N)c1noc(-c2ccoc2C)n1. The van der Waals surface area contributed by atoms with Crippen LogP contribution in [0.3, 0.4) is 0 Å². The molecule has 0 bridgehead atoms. The molecule has 0 fully saturated rings. The smallest absolute Gasteiger partial charge is 0.261 e. The minimum Gasteiger partial charge on any atom is -0.469 e. The maximum Gasteiger partial charge on any atom is 0.261 e. The van der Waals surface area contributed by atoms with Crippen molar-refractivity contribution < 1.29 is 13.7 Å². The Morgan fingerprint density at radius 1 is 1.50 bits per heavy atom. The first-order valence-corrected chi connectivity index (χ1v) is 5.80. The molecular weight excluding hydrogens is 234 g/mol. The normalized spacial score (nSPS) is 14.7. The fourth-order valence-electron chi connectivity index (χ4n) is 1.55. The van der Waals surface area contributed by atoms with Gasteiger partial charge in [-0.15, -0.1) is 0 Å². The van der Waals surface area contributed by atoms with Crippen molar-refractivity contribution in [2.24, 2.45) is 5.73 Å². The Balaban J connectivity index is 2.23. The van der Waals surface area contributed by atoms with Gasteiger partial charge in [0.2, 0.25) is 0 Å². The Labute approximate surface area is 105 Å². The van der Waals surface area contributed by atoms with Gasteiger partial charge in [0, 0.05) is 6.61 Å². The van der Waals surface area contributed by atoms with E-state index in [1.54, 1.807) is 19.3 Å². The number of hydrogen-bond donors (Lipinski definition) is 1. The zero-order valence-electron chi connectivity index (χ0n) is 10.8. The number of aromatic nitrogens is 2. The summed E-state index contributed by atoms with van der Waals surface area (Å²) < 4.78 is 15.7. The van der Waals surface area contributed by atoms with Gasteiger partial charge in [0.15, 0.2) is 5.82 Å². The Morgan fingerprint density at radius 2 is 2.28 bits per heavy atom. The van der Waals surface area contributed by atoms with Crippen LogP contribution in [0.1, 0.15) is 25.4 Å². The van der Waals surface area contributed by atoms with Gasteiger partial charge in [-0.25, -0.2) is 0 Å². The lowest BCUT2D eigenvalue weighted by molar-refractivity contribution is 0.0962. The quantitative estimate of drug-likeness (QED) is 0.872. The summed E-state index contributed by atoms with van der Waals surface area (Å²) in [6.45, 7) is 6.48. The highest BCUT2D eigenvalue weighted by molar-refractivity contribution is 5.54. The highest BCUT2D eigenvalue weighted by Gasteiger charge is 2.28. The van der Waals surface area contributed by atoms with Crippen LogP contribution < -0.4 is 5.73 Å². The third-order valence-electron chi connectivity index (χ3n) is 2.63. The molecule has 2 aromatic rings. The number of nitrogens with two attached hydrogens (primary N) is 1. The molecule has 0 spiro atoms. The molecule has 6 nitrogen and oxygen atoms in total. The topological polar surface area (TPSA) is 87.3 Å². The number of aryl methyl sites for hydroxylation is 1.